The molecule has 0 bridgehead atoms. The molecule has 0 unspecified atom stereocenters. The molecule has 112 valence electrons. The maximum atomic E-state index is 12.6. The van der Waals surface area contributed by atoms with Crippen molar-refractivity contribution in [2.75, 3.05) is 11.9 Å². The zero-order valence-electron chi connectivity index (χ0n) is 10.8. The molecule has 0 saturated heterocycles. The van der Waals surface area contributed by atoms with Gasteiger partial charge < -0.3 is 5.32 Å². The lowest BCUT2D eigenvalue weighted by Gasteiger charge is -2.12. The predicted molar refractivity (Wildman–Crippen MR) is 82.8 cm³/mol. The first-order valence-corrected chi connectivity index (χ1v) is 7.38. The van der Waals surface area contributed by atoms with Crippen LogP contribution in [0, 0.1) is 0 Å². The lowest BCUT2D eigenvalue weighted by molar-refractivity contribution is -0.137. The van der Waals surface area contributed by atoms with Gasteiger partial charge in [-0.25, -0.2) is 0 Å². The number of rotatable bonds is 4. The smallest absolute Gasteiger partial charge is 0.384 e. The monoisotopic (exact) mass is 377 g/mol. The summed E-state index contributed by atoms with van der Waals surface area (Å²) < 4.78 is 38.1. The van der Waals surface area contributed by atoms with Gasteiger partial charge in [0.2, 0.25) is 0 Å². The Balaban J connectivity index is 1.96. The lowest BCUT2D eigenvalue weighted by atomic mass is 10.1. The second kappa shape index (κ2) is 6.71. The van der Waals surface area contributed by atoms with Crippen molar-refractivity contribution in [2.24, 2.45) is 0 Å². The summed E-state index contributed by atoms with van der Waals surface area (Å²) in [5.41, 5.74) is 1.07. The maximum absolute atomic E-state index is 12.6. The summed E-state index contributed by atoms with van der Waals surface area (Å²) in [6.07, 6.45) is -3.57. The van der Waals surface area contributed by atoms with E-state index in [9.17, 15) is 13.2 Å². The van der Waals surface area contributed by atoms with Crippen molar-refractivity contribution >= 4 is 33.2 Å². The Morgan fingerprint density at radius 1 is 1.05 bits per heavy atom. The van der Waals surface area contributed by atoms with Crippen LogP contribution in [0.2, 0.25) is 5.02 Å². The molecule has 0 heterocycles. The molecular formula is C15H12BrClF3N. The van der Waals surface area contributed by atoms with Crippen LogP contribution < -0.4 is 5.32 Å². The second-order valence-electron chi connectivity index (χ2n) is 4.50. The molecule has 0 aliphatic carbocycles. The van der Waals surface area contributed by atoms with Gasteiger partial charge in [-0.2, -0.15) is 13.2 Å². The summed E-state index contributed by atoms with van der Waals surface area (Å²) >= 11 is 8.96. The van der Waals surface area contributed by atoms with E-state index in [4.69, 9.17) is 11.6 Å². The Hall–Kier alpha value is -1.20. The molecule has 21 heavy (non-hydrogen) atoms. The molecule has 0 amide bonds. The highest BCUT2D eigenvalue weighted by molar-refractivity contribution is 9.10. The molecule has 0 radical (unpaired) electrons. The fourth-order valence-electron chi connectivity index (χ4n) is 1.83. The number of halogens is 5. The van der Waals surface area contributed by atoms with Crippen LogP contribution in [-0.4, -0.2) is 6.54 Å². The maximum Gasteiger partial charge on any atom is 0.416 e. The average molecular weight is 379 g/mol. The number of hydrogen-bond acceptors (Lipinski definition) is 1. The molecule has 2 aromatic rings. The van der Waals surface area contributed by atoms with Crippen LogP contribution in [-0.2, 0) is 12.6 Å². The van der Waals surface area contributed by atoms with E-state index in [0.29, 0.717) is 21.7 Å². The van der Waals surface area contributed by atoms with E-state index in [1.54, 1.807) is 0 Å². The highest BCUT2D eigenvalue weighted by Gasteiger charge is 2.30. The van der Waals surface area contributed by atoms with Crippen LogP contribution in [0.5, 0.6) is 0 Å². The minimum atomic E-state index is -4.33. The Kier molecular flexibility index (Phi) is 5.17. The summed E-state index contributed by atoms with van der Waals surface area (Å²) in [4.78, 5) is 0. The molecule has 0 saturated carbocycles. The minimum absolute atomic E-state index is 0.397. The Labute approximate surface area is 134 Å². The lowest BCUT2D eigenvalue weighted by Crippen LogP contribution is -2.08. The van der Waals surface area contributed by atoms with Crippen molar-refractivity contribution in [3.05, 3.63) is 63.1 Å². The Morgan fingerprint density at radius 2 is 1.71 bits per heavy atom. The molecule has 2 aromatic carbocycles. The number of nitrogens with one attached hydrogen (secondary N) is 1. The van der Waals surface area contributed by atoms with Crippen molar-refractivity contribution in [3.8, 4) is 0 Å². The second-order valence-corrected chi connectivity index (χ2v) is 5.79. The van der Waals surface area contributed by atoms with Crippen LogP contribution >= 0.6 is 27.5 Å². The fraction of sp³-hybridized carbons (Fsp3) is 0.200. The van der Waals surface area contributed by atoms with E-state index < -0.39 is 11.7 Å². The van der Waals surface area contributed by atoms with Gasteiger partial charge in [-0.3, -0.25) is 0 Å². The van der Waals surface area contributed by atoms with E-state index in [1.807, 2.05) is 24.3 Å². The van der Waals surface area contributed by atoms with Gasteiger partial charge in [-0.05, 0) is 58.2 Å². The number of hydrogen-bond donors (Lipinski definition) is 1. The molecule has 0 fully saturated rings. The van der Waals surface area contributed by atoms with Crippen molar-refractivity contribution in [1.29, 1.82) is 0 Å². The first-order chi connectivity index (χ1) is 9.86. The van der Waals surface area contributed by atoms with Gasteiger partial charge in [0.05, 0.1) is 5.56 Å². The van der Waals surface area contributed by atoms with Gasteiger partial charge in [0, 0.05) is 21.7 Å². The summed E-state index contributed by atoms with van der Waals surface area (Å²) in [6.45, 7) is 0.617. The molecule has 2 rings (SSSR count). The highest BCUT2D eigenvalue weighted by Crippen LogP contribution is 2.33. The molecule has 0 aliphatic heterocycles. The van der Waals surface area contributed by atoms with Gasteiger partial charge in [-0.15, -0.1) is 0 Å². The zero-order chi connectivity index (χ0) is 15.5. The van der Waals surface area contributed by atoms with Crippen LogP contribution in [0.1, 0.15) is 11.1 Å². The molecule has 0 spiro atoms. The predicted octanol–water partition coefficient (Wildman–Crippen LogP) is 5.78. The van der Waals surface area contributed by atoms with Crippen molar-refractivity contribution < 1.29 is 13.2 Å². The van der Waals surface area contributed by atoms with E-state index in [-0.39, 0.29) is 0 Å². The van der Waals surface area contributed by atoms with Gasteiger partial charge in [-0.1, -0.05) is 23.7 Å². The summed E-state index contributed by atoms with van der Waals surface area (Å²) in [5.74, 6) is 0. The summed E-state index contributed by atoms with van der Waals surface area (Å²) in [6, 6.07) is 11.0. The number of anilines is 1. The molecule has 0 aliphatic rings. The van der Waals surface area contributed by atoms with Crippen LogP contribution in [0.3, 0.4) is 0 Å². The first kappa shape index (κ1) is 16.2. The van der Waals surface area contributed by atoms with E-state index in [1.165, 1.54) is 6.07 Å². The molecule has 6 heteroatoms. The summed E-state index contributed by atoms with van der Waals surface area (Å²) in [5, 5.41) is 3.79. The topological polar surface area (TPSA) is 12.0 Å². The van der Waals surface area contributed by atoms with E-state index in [0.717, 1.165) is 24.1 Å². The van der Waals surface area contributed by atoms with Gasteiger partial charge >= 0.3 is 6.18 Å². The molecule has 0 atom stereocenters. The Bertz CT molecular complexity index is 611. The number of benzene rings is 2. The van der Waals surface area contributed by atoms with Crippen molar-refractivity contribution in [2.45, 2.75) is 12.6 Å². The van der Waals surface area contributed by atoms with Gasteiger partial charge in [0.25, 0.3) is 0 Å². The quantitative estimate of drug-likeness (QED) is 0.711. The third-order valence-corrected chi connectivity index (χ3v) is 3.85. The standard InChI is InChI=1S/C15H12BrClF3N/c16-13-9-11(15(18,19)20)3-6-14(13)21-8-7-10-1-4-12(17)5-2-10/h1-6,9,21H,7-8H2. The zero-order valence-corrected chi connectivity index (χ0v) is 13.2. The molecule has 0 aromatic heterocycles. The van der Waals surface area contributed by atoms with Gasteiger partial charge in [0.15, 0.2) is 0 Å². The van der Waals surface area contributed by atoms with Crippen molar-refractivity contribution in [3.63, 3.8) is 0 Å². The largest absolute Gasteiger partial charge is 0.416 e. The van der Waals surface area contributed by atoms with Crippen LogP contribution in [0.15, 0.2) is 46.9 Å². The van der Waals surface area contributed by atoms with Crippen LogP contribution in [0.25, 0.3) is 0 Å². The number of alkyl halides is 3. The fourth-order valence-corrected chi connectivity index (χ4v) is 2.47. The Morgan fingerprint density at radius 3 is 2.29 bits per heavy atom. The first-order valence-electron chi connectivity index (χ1n) is 6.21. The molecular weight excluding hydrogens is 367 g/mol. The SMILES string of the molecule is FC(F)(F)c1ccc(NCCc2ccc(Cl)cc2)c(Br)c1. The normalized spacial score (nSPS) is 11.5. The highest BCUT2D eigenvalue weighted by atomic mass is 79.9. The third kappa shape index (κ3) is 4.64. The third-order valence-electron chi connectivity index (χ3n) is 2.94. The molecule has 1 N–H and O–H groups in total. The molecule has 1 nitrogen and oxygen atoms in total. The van der Waals surface area contributed by atoms with E-state index >= 15 is 0 Å². The average Bonchev–Trinajstić information content (AvgIpc) is 2.41. The van der Waals surface area contributed by atoms with Gasteiger partial charge in [0.1, 0.15) is 0 Å². The van der Waals surface area contributed by atoms with Crippen LogP contribution in [0.4, 0.5) is 18.9 Å². The van der Waals surface area contributed by atoms with E-state index in [2.05, 4.69) is 21.2 Å². The van der Waals surface area contributed by atoms with Crippen molar-refractivity contribution in [1.82, 2.24) is 0 Å². The minimum Gasteiger partial charge on any atom is -0.384 e. The summed E-state index contributed by atoms with van der Waals surface area (Å²) in [7, 11) is 0.